The van der Waals surface area contributed by atoms with Crippen LogP contribution >= 0.6 is 31.9 Å². The van der Waals surface area contributed by atoms with E-state index in [9.17, 15) is 0 Å². The molecule has 2 heterocycles. The predicted octanol–water partition coefficient (Wildman–Crippen LogP) is 3.50. The zero-order chi connectivity index (χ0) is 12.2. The highest BCUT2D eigenvalue weighted by Crippen LogP contribution is 2.03. The van der Waals surface area contributed by atoms with E-state index >= 15 is 0 Å². The molecule has 0 N–H and O–H groups in total. The Hall–Kier alpha value is -1.07. The largest absolute Gasteiger partial charge is 0.307 e. The van der Waals surface area contributed by atoms with Crippen molar-refractivity contribution in [2.45, 2.75) is 0 Å². The summed E-state index contributed by atoms with van der Waals surface area (Å²) in [5, 5.41) is 0. The number of hydrogen-bond acceptors (Lipinski definition) is 3. The Morgan fingerprint density at radius 3 is 1.38 bits per heavy atom. The molecule has 0 bridgehead atoms. The Morgan fingerprint density at radius 2 is 1.25 bits per heavy atom. The molecule has 16 heavy (non-hydrogen) atoms. The van der Waals surface area contributed by atoms with E-state index < -0.39 is 0 Å². The molecular formula is C11H10Br2N2O. The van der Waals surface area contributed by atoms with Gasteiger partial charge in [0.05, 0.1) is 0 Å². The fraction of sp³-hybridized carbons (Fsp3) is 0. The van der Waals surface area contributed by atoms with Gasteiger partial charge in [0.25, 0.3) is 0 Å². The van der Waals surface area contributed by atoms with Crippen molar-refractivity contribution in [3.63, 3.8) is 0 Å². The van der Waals surface area contributed by atoms with E-state index in [1.54, 1.807) is 24.8 Å². The van der Waals surface area contributed by atoms with Gasteiger partial charge >= 0.3 is 0 Å². The second-order valence-electron chi connectivity index (χ2n) is 2.34. The standard InChI is InChI=1S/2C5H4BrN.CH2O/c2*6-5-2-1-3-7-4-5;1-2/h2*1-4H;1H2. The van der Waals surface area contributed by atoms with Crippen LogP contribution in [-0.4, -0.2) is 16.8 Å². The van der Waals surface area contributed by atoms with Gasteiger partial charge in [-0.1, -0.05) is 0 Å². The van der Waals surface area contributed by atoms with Crippen molar-refractivity contribution in [1.82, 2.24) is 9.97 Å². The number of halogens is 2. The molecule has 0 fully saturated rings. The molecule has 0 unspecified atom stereocenters. The highest BCUT2D eigenvalue weighted by Gasteiger charge is 1.76. The summed E-state index contributed by atoms with van der Waals surface area (Å²) in [4.78, 5) is 15.7. The summed E-state index contributed by atoms with van der Waals surface area (Å²) in [5.74, 6) is 0. The molecule has 2 aromatic heterocycles. The van der Waals surface area contributed by atoms with Crippen LogP contribution in [0, 0.1) is 0 Å². The van der Waals surface area contributed by atoms with Gasteiger partial charge in [-0.3, -0.25) is 9.97 Å². The Labute approximate surface area is 111 Å². The molecule has 0 atom stereocenters. The van der Waals surface area contributed by atoms with Gasteiger partial charge in [-0.2, -0.15) is 0 Å². The first kappa shape index (κ1) is 14.9. The van der Waals surface area contributed by atoms with Crippen LogP contribution in [0.5, 0.6) is 0 Å². The molecule has 0 aliphatic heterocycles. The van der Waals surface area contributed by atoms with Crippen LogP contribution in [0.15, 0.2) is 58.0 Å². The Morgan fingerprint density at radius 1 is 0.875 bits per heavy atom. The maximum Gasteiger partial charge on any atom is 0.106 e. The van der Waals surface area contributed by atoms with E-state index in [1.807, 2.05) is 31.1 Å². The minimum atomic E-state index is 1.02. The number of pyridine rings is 2. The first-order chi connectivity index (χ1) is 7.79. The van der Waals surface area contributed by atoms with Crippen LogP contribution in [0.4, 0.5) is 0 Å². The number of carbonyl (C=O) groups excluding carboxylic acids is 1. The van der Waals surface area contributed by atoms with E-state index in [2.05, 4.69) is 41.8 Å². The SMILES string of the molecule is Brc1cccnc1.Brc1cccnc1.C=O. The fourth-order valence-electron chi connectivity index (χ4n) is 0.684. The topological polar surface area (TPSA) is 42.9 Å². The van der Waals surface area contributed by atoms with Crippen LogP contribution in [-0.2, 0) is 4.79 Å². The molecule has 2 aromatic rings. The van der Waals surface area contributed by atoms with Crippen LogP contribution in [0.1, 0.15) is 0 Å². The number of hydrogen-bond donors (Lipinski definition) is 0. The third-order valence-electron chi connectivity index (χ3n) is 1.25. The van der Waals surface area contributed by atoms with Gasteiger partial charge in [-0.15, -0.1) is 0 Å². The summed E-state index contributed by atoms with van der Waals surface area (Å²) >= 11 is 6.50. The lowest BCUT2D eigenvalue weighted by Gasteiger charge is -1.80. The van der Waals surface area contributed by atoms with Gasteiger partial charge < -0.3 is 4.79 Å². The first-order valence-corrected chi connectivity index (χ1v) is 5.77. The van der Waals surface area contributed by atoms with Gasteiger partial charge in [-0.25, -0.2) is 0 Å². The highest BCUT2D eigenvalue weighted by atomic mass is 79.9. The molecule has 0 spiro atoms. The monoisotopic (exact) mass is 344 g/mol. The van der Waals surface area contributed by atoms with Crippen molar-refractivity contribution < 1.29 is 4.79 Å². The summed E-state index contributed by atoms with van der Waals surface area (Å²) in [6.45, 7) is 2.00. The first-order valence-electron chi connectivity index (χ1n) is 4.19. The molecule has 2 rings (SSSR count). The van der Waals surface area contributed by atoms with E-state index in [-0.39, 0.29) is 0 Å². The molecule has 0 aromatic carbocycles. The molecule has 0 aliphatic rings. The van der Waals surface area contributed by atoms with E-state index in [0.717, 1.165) is 8.95 Å². The molecule has 0 aliphatic carbocycles. The van der Waals surface area contributed by atoms with E-state index in [4.69, 9.17) is 4.79 Å². The van der Waals surface area contributed by atoms with Crippen molar-refractivity contribution in [3.05, 3.63) is 58.0 Å². The van der Waals surface area contributed by atoms with Gasteiger partial charge in [0.1, 0.15) is 6.79 Å². The fourth-order valence-corrected chi connectivity index (χ4v) is 1.23. The van der Waals surface area contributed by atoms with Gasteiger partial charge in [0.15, 0.2) is 0 Å². The smallest absolute Gasteiger partial charge is 0.106 e. The minimum Gasteiger partial charge on any atom is -0.307 e. The van der Waals surface area contributed by atoms with Crippen molar-refractivity contribution in [3.8, 4) is 0 Å². The summed E-state index contributed by atoms with van der Waals surface area (Å²) in [5.41, 5.74) is 0. The number of aromatic nitrogens is 2. The Bertz CT molecular complexity index is 333. The summed E-state index contributed by atoms with van der Waals surface area (Å²) < 4.78 is 2.05. The van der Waals surface area contributed by atoms with Crippen LogP contribution in [0.25, 0.3) is 0 Å². The molecular weight excluding hydrogens is 336 g/mol. The van der Waals surface area contributed by atoms with Crippen LogP contribution < -0.4 is 0 Å². The molecule has 0 amide bonds. The quantitative estimate of drug-likeness (QED) is 0.733. The molecule has 3 nitrogen and oxygen atoms in total. The van der Waals surface area contributed by atoms with Crippen molar-refractivity contribution >= 4 is 38.6 Å². The lowest BCUT2D eigenvalue weighted by molar-refractivity contribution is -0.0979. The van der Waals surface area contributed by atoms with E-state index in [0.29, 0.717) is 0 Å². The minimum absolute atomic E-state index is 1.02. The Balaban J connectivity index is 0.000000244. The van der Waals surface area contributed by atoms with Gasteiger partial charge in [0.2, 0.25) is 0 Å². The average molecular weight is 346 g/mol. The summed E-state index contributed by atoms with van der Waals surface area (Å²) in [6, 6.07) is 7.63. The zero-order valence-corrected chi connectivity index (χ0v) is 11.6. The van der Waals surface area contributed by atoms with Crippen molar-refractivity contribution in [2.75, 3.05) is 0 Å². The molecule has 0 saturated heterocycles. The average Bonchev–Trinajstić information content (AvgIpc) is 2.34. The van der Waals surface area contributed by atoms with Crippen molar-refractivity contribution in [2.24, 2.45) is 0 Å². The molecule has 0 saturated carbocycles. The van der Waals surface area contributed by atoms with Crippen LogP contribution in [0.3, 0.4) is 0 Å². The normalized spacial score (nSPS) is 7.88. The Kier molecular flexibility index (Phi) is 9.75. The molecule has 84 valence electrons. The van der Waals surface area contributed by atoms with E-state index in [1.165, 1.54) is 0 Å². The number of carbonyl (C=O) groups is 1. The van der Waals surface area contributed by atoms with Crippen LogP contribution in [0.2, 0.25) is 0 Å². The van der Waals surface area contributed by atoms with Crippen molar-refractivity contribution in [1.29, 1.82) is 0 Å². The van der Waals surface area contributed by atoms with Gasteiger partial charge in [0, 0.05) is 33.7 Å². The second kappa shape index (κ2) is 10.4. The lowest BCUT2D eigenvalue weighted by atomic mass is 10.5. The lowest BCUT2D eigenvalue weighted by Crippen LogP contribution is -1.64. The summed E-state index contributed by atoms with van der Waals surface area (Å²) in [6.07, 6.45) is 6.98. The van der Waals surface area contributed by atoms with Gasteiger partial charge in [-0.05, 0) is 56.1 Å². The molecule has 5 heteroatoms. The zero-order valence-electron chi connectivity index (χ0n) is 8.38. The molecule has 0 radical (unpaired) electrons. The number of rotatable bonds is 0. The number of nitrogens with zero attached hydrogens (tertiary/aromatic N) is 2. The second-order valence-corrected chi connectivity index (χ2v) is 4.17. The predicted molar refractivity (Wildman–Crippen MR) is 71.0 cm³/mol. The maximum atomic E-state index is 8.00. The third kappa shape index (κ3) is 8.26. The summed E-state index contributed by atoms with van der Waals surface area (Å²) in [7, 11) is 0. The highest BCUT2D eigenvalue weighted by molar-refractivity contribution is 9.10. The maximum absolute atomic E-state index is 8.00. The third-order valence-corrected chi connectivity index (χ3v) is 2.19.